The quantitative estimate of drug-likeness (QED) is 0.414. The Morgan fingerprint density at radius 2 is 2.19 bits per heavy atom. The summed E-state index contributed by atoms with van der Waals surface area (Å²) in [4.78, 5) is 3.67. The van der Waals surface area contributed by atoms with Crippen LogP contribution in [0.5, 0.6) is 0 Å². The van der Waals surface area contributed by atoms with Crippen LogP contribution in [0.25, 0.3) is 0 Å². The van der Waals surface area contributed by atoms with Crippen LogP contribution in [0.3, 0.4) is 0 Å². The fourth-order valence-electron chi connectivity index (χ4n) is 1.24. The van der Waals surface area contributed by atoms with Crippen LogP contribution in [-0.4, -0.2) is 11.1 Å². The average Bonchev–Trinajstić information content (AvgIpc) is 2.19. The van der Waals surface area contributed by atoms with Gasteiger partial charge in [-0.15, -0.1) is 0 Å². The van der Waals surface area contributed by atoms with E-state index in [9.17, 15) is 4.39 Å². The standard InChI is InChI=1S/C10H13FN4S/c1-2-6-5-7(11)3-4-8(6)14-10(16)15-9(12)13/h3-5H,2H2,1H3,(H5,12,13,14,15,16). The molecule has 0 aromatic heterocycles. The third kappa shape index (κ3) is 3.47. The van der Waals surface area contributed by atoms with Gasteiger partial charge in [-0.2, -0.15) is 4.99 Å². The van der Waals surface area contributed by atoms with Gasteiger partial charge in [0.05, 0.1) is 0 Å². The highest BCUT2D eigenvalue weighted by atomic mass is 32.1. The second-order valence-electron chi connectivity index (χ2n) is 3.12. The van der Waals surface area contributed by atoms with Crippen LogP contribution in [0.2, 0.25) is 0 Å². The average molecular weight is 240 g/mol. The fourth-order valence-corrected chi connectivity index (χ4v) is 1.45. The summed E-state index contributed by atoms with van der Waals surface area (Å²) in [5.41, 5.74) is 11.9. The molecule has 1 aromatic carbocycles. The van der Waals surface area contributed by atoms with E-state index in [0.29, 0.717) is 12.1 Å². The molecule has 0 aliphatic heterocycles. The van der Waals surface area contributed by atoms with Gasteiger partial charge in [0.25, 0.3) is 0 Å². The summed E-state index contributed by atoms with van der Waals surface area (Å²) in [6, 6.07) is 4.39. The van der Waals surface area contributed by atoms with Crippen molar-refractivity contribution < 1.29 is 4.39 Å². The Hall–Kier alpha value is -1.69. The Morgan fingerprint density at radius 3 is 2.75 bits per heavy atom. The molecule has 0 saturated carbocycles. The summed E-state index contributed by atoms with van der Waals surface area (Å²) in [6.07, 6.45) is 0.685. The first-order valence-electron chi connectivity index (χ1n) is 4.72. The van der Waals surface area contributed by atoms with E-state index in [1.54, 1.807) is 6.07 Å². The second-order valence-corrected chi connectivity index (χ2v) is 3.51. The van der Waals surface area contributed by atoms with E-state index >= 15 is 0 Å². The molecule has 16 heavy (non-hydrogen) atoms. The predicted molar refractivity (Wildman–Crippen MR) is 67.8 cm³/mol. The van der Waals surface area contributed by atoms with Gasteiger partial charge in [0, 0.05) is 5.69 Å². The molecule has 0 radical (unpaired) electrons. The second kappa shape index (κ2) is 5.41. The summed E-state index contributed by atoms with van der Waals surface area (Å²) >= 11 is 4.90. The predicted octanol–water partition coefficient (Wildman–Crippen LogP) is 1.36. The van der Waals surface area contributed by atoms with Gasteiger partial charge in [-0.05, 0) is 42.4 Å². The number of benzene rings is 1. The van der Waals surface area contributed by atoms with E-state index in [4.69, 9.17) is 23.7 Å². The molecule has 86 valence electrons. The van der Waals surface area contributed by atoms with Crippen LogP contribution < -0.4 is 16.8 Å². The number of nitrogens with zero attached hydrogens (tertiary/aromatic N) is 1. The summed E-state index contributed by atoms with van der Waals surface area (Å²) in [5, 5.41) is 2.99. The zero-order chi connectivity index (χ0) is 12.1. The van der Waals surface area contributed by atoms with E-state index in [0.717, 1.165) is 5.56 Å². The number of guanidine groups is 1. The van der Waals surface area contributed by atoms with Crippen molar-refractivity contribution in [3.8, 4) is 0 Å². The summed E-state index contributed by atoms with van der Waals surface area (Å²) in [6.45, 7) is 1.92. The minimum atomic E-state index is -0.282. The summed E-state index contributed by atoms with van der Waals surface area (Å²) in [7, 11) is 0. The van der Waals surface area contributed by atoms with E-state index in [2.05, 4.69) is 10.3 Å². The van der Waals surface area contributed by atoms with Gasteiger partial charge >= 0.3 is 0 Å². The molecule has 0 fully saturated rings. The Labute approximate surface area is 98.5 Å². The van der Waals surface area contributed by atoms with Gasteiger partial charge < -0.3 is 16.8 Å². The first-order chi connectivity index (χ1) is 7.52. The Kier molecular flexibility index (Phi) is 4.19. The molecule has 6 heteroatoms. The smallest absolute Gasteiger partial charge is 0.200 e. The normalized spacial score (nSPS) is 9.62. The number of aryl methyl sites for hydroxylation is 1. The fraction of sp³-hybridized carbons (Fsp3) is 0.200. The highest BCUT2D eigenvalue weighted by Gasteiger charge is 2.03. The zero-order valence-electron chi connectivity index (χ0n) is 8.83. The van der Waals surface area contributed by atoms with Gasteiger partial charge in [-0.25, -0.2) is 4.39 Å². The monoisotopic (exact) mass is 240 g/mol. The first kappa shape index (κ1) is 12.4. The van der Waals surface area contributed by atoms with Gasteiger partial charge in [-0.3, -0.25) is 0 Å². The third-order valence-electron chi connectivity index (χ3n) is 1.92. The summed E-state index contributed by atoms with van der Waals surface area (Å²) in [5.74, 6) is -0.396. The molecule has 0 amide bonds. The molecule has 0 heterocycles. The minimum Gasteiger partial charge on any atom is -0.370 e. The largest absolute Gasteiger partial charge is 0.370 e. The number of nitrogens with one attached hydrogen (secondary N) is 1. The Morgan fingerprint density at radius 1 is 1.50 bits per heavy atom. The number of halogens is 1. The number of rotatable bonds is 2. The van der Waals surface area contributed by atoms with Crippen LogP contribution in [-0.2, 0) is 6.42 Å². The molecule has 1 aromatic rings. The topological polar surface area (TPSA) is 76.4 Å². The van der Waals surface area contributed by atoms with Crippen molar-refractivity contribution in [3.05, 3.63) is 29.6 Å². The SMILES string of the molecule is CCc1cc(F)ccc1NC(=S)N=C(N)N. The molecule has 5 N–H and O–H groups in total. The van der Waals surface area contributed by atoms with E-state index in [-0.39, 0.29) is 16.9 Å². The molecule has 0 bridgehead atoms. The molecular formula is C10H13FN4S. The van der Waals surface area contributed by atoms with Crippen molar-refractivity contribution in [2.24, 2.45) is 16.5 Å². The minimum absolute atomic E-state index is 0.113. The van der Waals surface area contributed by atoms with Crippen molar-refractivity contribution in [2.75, 3.05) is 5.32 Å². The van der Waals surface area contributed by atoms with Gasteiger partial charge in [-0.1, -0.05) is 6.92 Å². The number of hydrogen-bond donors (Lipinski definition) is 3. The van der Waals surface area contributed by atoms with Crippen molar-refractivity contribution in [2.45, 2.75) is 13.3 Å². The van der Waals surface area contributed by atoms with E-state index in [1.807, 2.05) is 6.92 Å². The van der Waals surface area contributed by atoms with Crippen LogP contribution in [0.1, 0.15) is 12.5 Å². The van der Waals surface area contributed by atoms with E-state index in [1.165, 1.54) is 12.1 Å². The number of nitrogens with two attached hydrogens (primary N) is 2. The molecule has 0 spiro atoms. The van der Waals surface area contributed by atoms with E-state index < -0.39 is 0 Å². The molecule has 4 nitrogen and oxygen atoms in total. The van der Waals surface area contributed by atoms with Crippen molar-refractivity contribution in [1.82, 2.24) is 0 Å². The van der Waals surface area contributed by atoms with Crippen LogP contribution in [0.15, 0.2) is 23.2 Å². The lowest BCUT2D eigenvalue weighted by atomic mass is 10.1. The third-order valence-corrected chi connectivity index (χ3v) is 2.11. The van der Waals surface area contributed by atoms with Crippen LogP contribution >= 0.6 is 12.2 Å². The Balaban J connectivity index is 2.89. The molecule has 0 saturated heterocycles. The highest BCUT2D eigenvalue weighted by molar-refractivity contribution is 7.80. The number of thiocarbonyl (C=S) groups is 1. The number of hydrogen-bond acceptors (Lipinski definition) is 1. The molecule has 0 aliphatic carbocycles. The van der Waals surface area contributed by atoms with Crippen LogP contribution in [0.4, 0.5) is 10.1 Å². The molecule has 0 unspecified atom stereocenters. The molecule has 1 rings (SSSR count). The van der Waals surface area contributed by atoms with Gasteiger partial charge in [0.15, 0.2) is 5.96 Å². The van der Waals surface area contributed by atoms with Crippen molar-refractivity contribution in [3.63, 3.8) is 0 Å². The lowest BCUT2D eigenvalue weighted by Crippen LogP contribution is -2.25. The van der Waals surface area contributed by atoms with Gasteiger partial charge in [0.1, 0.15) is 5.82 Å². The molecular weight excluding hydrogens is 227 g/mol. The first-order valence-corrected chi connectivity index (χ1v) is 5.12. The Bertz CT molecular complexity index is 427. The zero-order valence-corrected chi connectivity index (χ0v) is 9.64. The lowest BCUT2D eigenvalue weighted by Gasteiger charge is -2.09. The summed E-state index contributed by atoms with van der Waals surface area (Å²) < 4.78 is 13.0. The lowest BCUT2D eigenvalue weighted by molar-refractivity contribution is 0.626. The van der Waals surface area contributed by atoms with Crippen molar-refractivity contribution >= 4 is 29.0 Å². The maximum absolute atomic E-state index is 13.0. The van der Waals surface area contributed by atoms with Gasteiger partial charge in [0.2, 0.25) is 5.11 Å². The maximum atomic E-state index is 13.0. The van der Waals surface area contributed by atoms with Crippen LogP contribution in [0, 0.1) is 5.82 Å². The molecule has 0 atom stereocenters. The molecule has 0 aliphatic rings. The maximum Gasteiger partial charge on any atom is 0.200 e. The van der Waals surface area contributed by atoms with Crippen molar-refractivity contribution in [1.29, 1.82) is 0 Å². The number of anilines is 1. The number of aliphatic imine (C=N–C) groups is 1. The highest BCUT2D eigenvalue weighted by Crippen LogP contribution is 2.17.